The minimum absolute atomic E-state index is 0.0635. The monoisotopic (exact) mass is 307 g/mol. The number of nitrogens with one attached hydrogen (secondary N) is 1. The number of hydrogen-bond acceptors (Lipinski definition) is 5. The summed E-state index contributed by atoms with van der Waals surface area (Å²) in [5, 5.41) is 14.4. The Morgan fingerprint density at radius 1 is 1.29 bits per heavy atom. The topological polar surface area (TPSA) is 68.1 Å². The summed E-state index contributed by atoms with van der Waals surface area (Å²) in [7, 11) is 0. The Labute approximate surface area is 125 Å². The van der Waals surface area contributed by atoms with Crippen molar-refractivity contribution in [3.05, 3.63) is 52.3 Å². The summed E-state index contributed by atoms with van der Waals surface area (Å²) in [6.45, 7) is 2.76. The standard InChI is InChI=1S/C14H14FN3O2S/c1-2-9-16-13-8-7-12(18(19)20)14(17-13)21-11-5-3-10(15)4-6-11/h3-8H,2,9H2,1H3,(H,16,17). The molecule has 21 heavy (non-hydrogen) atoms. The third kappa shape index (κ3) is 4.16. The van der Waals surface area contributed by atoms with E-state index in [-0.39, 0.29) is 16.5 Å². The van der Waals surface area contributed by atoms with Crippen LogP contribution in [0.15, 0.2) is 46.3 Å². The molecule has 1 aromatic carbocycles. The lowest BCUT2D eigenvalue weighted by molar-refractivity contribution is -0.388. The van der Waals surface area contributed by atoms with Crippen molar-refractivity contribution in [1.82, 2.24) is 4.98 Å². The summed E-state index contributed by atoms with van der Waals surface area (Å²) < 4.78 is 12.9. The predicted molar refractivity (Wildman–Crippen MR) is 80.2 cm³/mol. The van der Waals surface area contributed by atoms with Crippen LogP contribution in [0.3, 0.4) is 0 Å². The number of hydrogen-bond donors (Lipinski definition) is 1. The summed E-state index contributed by atoms with van der Waals surface area (Å²) in [5.41, 5.74) is -0.0635. The molecule has 0 unspecified atom stereocenters. The van der Waals surface area contributed by atoms with Crippen LogP contribution in [0, 0.1) is 15.9 Å². The number of anilines is 1. The fourth-order valence-electron chi connectivity index (χ4n) is 1.61. The molecule has 0 saturated heterocycles. The van der Waals surface area contributed by atoms with E-state index in [9.17, 15) is 14.5 Å². The van der Waals surface area contributed by atoms with E-state index in [0.29, 0.717) is 10.7 Å². The third-order valence-electron chi connectivity index (χ3n) is 2.62. The van der Waals surface area contributed by atoms with E-state index in [2.05, 4.69) is 10.3 Å². The Hall–Kier alpha value is -2.15. The Balaban J connectivity index is 2.29. The molecular formula is C14H14FN3O2S. The highest BCUT2D eigenvalue weighted by Gasteiger charge is 2.17. The van der Waals surface area contributed by atoms with Gasteiger partial charge in [0.05, 0.1) is 4.92 Å². The van der Waals surface area contributed by atoms with Gasteiger partial charge in [-0.2, -0.15) is 0 Å². The molecule has 5 nitrogen and oxygen atoms in total. The zero-order valence-electron chi connectivity index (χ0n) is 11.4. The molecule has 2 aromatic rings. The van der Waals surface area contributed by atoms with Crippen molar-refractivity contribution in [2.45, 2.75) is 23.3 Å². The number of halogens is 1. The Morgan fingerprint density at radius 2 is 2.00 bits per heavy atom. The van der Waals surface area contributed by atoms with Gasteiger partial charge in [-0.15, -0.1) is 0 Å². The SMILES string of the molecule is CCCNc1ccc([N+](=O)[O-])c(Sc2ccc(F)cc2)n1. The molecule has 0 aliphatic carbocycles. The summed E-state index contributed by atoms with van der Waals surface area (Å²) in [4.78, 5) is 15.6. The minimum atomic E-state index is -0.470. The Bertz CT molecular complexity index is 635. The average Bonchev–Trinajstić information content (AvgIpc) is 2.47. The maximum atomic E-state index is 12.9. The largest absolute Gasteiger partial charge is 0.370 e. The highest BCUT2D eigenvalue weighted by molar-refractivity contribution is 7.99. The van der Waals surface area contributed by atoms with Gasteiger partial charge in [0, 0.05) is 17.5 Å². The fraction of sp³-hybridized carbons (Fsp3) is 0.214. The lowest BCUT2D eigenvalue weighted by Crippen LogP contribution is -2.03. The molecular weight excluding hydrogens is 293 g/mol. The van der Waals surface area contributed by atoms with Crippen molar-refractivity contribution < 1.29 is 9.31 Å². The molecule has 1 aromatic heterocycles. The van der Waals surface area contributed by atoms with E-state index in [1.165, 1.54) is 18.2 Å². The van der Waals surface area contributed by atoms with E-state index in [4.69, 9.17) is 0 Å². The molecule has 0 radical (unpaired) electrons. The van der Waals surface area contributed by atoms with Gasteiger partial charge in [0.2, 0.25) is 0 Å². The van der Waals surface area contributed by atoms with Crippen LogP contribution in [0.5, 0.6) is 0 Å². The predicted octanol–water partition coefficient (Wildman–Crippen LogP) is 4.10. The van der Waals surface area contributed by atoms with Gasteiger partial charge in [-0.25, -0.2) is 9.37 Å². The van der Waals surface area contributed by atoms with Crippen LogP contribution in [0.25, 0.3) is 0 Å². The highest BCUT2D eigenvalue weighted by Crippen LogP contribution is 2.34. The van der Waals surface area contributed by atoms with Crippen LogP contribution >= 0.6 is 11.8 Å². The molecule has 0 amide bonds. The first-order valence-electron chi connectivity index (χ1n) is 6.43. The second-order valence-corrected chi connectivity index (χ2v) is 5.32. The molecule has 0 spiro atoms. The molecule has 0 bridgehead atoms. The summed E-state index contributed by atoms with van der Waals surface area (Å²) >= 11 is 1.14. The molecule has 7 heteroatoms. The lowest BCUT2D eigenvalue weighted by atomic mass is 10.3. The molecule has 0 fully saturated rings. The van der Waals surface area contributed by atoms with Gasteiger partial charge >= 0.3 is 5.69 Å². The fourth-order valence-corrected chi connectivity index (χ4v) is 2.50. The first-order valence-corrected chi connectivity index (χ1v) is 7.24. The van der Waals surface area contributed by atoms with Gasteiger partial charge in [-0.05, 0) is 36.8 Å². The number of rotatable bonds is 6. The molecule has 1 N–H and O–H groups in total. The van der Waals surface area contributed by atoms with E-state index in [0.717, 1.165) is 24.7 Å². The van der Waals surface area contributed by atoms with E-state index in [1.807, 2.05) is 6.92 Å². The summed E-state index contributed by atoms with van der Waals surface area (Å²) in [5.74, 6) is 0.243. The van der Waals surface area contributed by atoms with Crippen molar-refractivity contribution in [2.75, 3.05) is 11.9 Å². The minimum Gasteiger partial charge on any atom is -0.370 e. The Morgan fingerprint density at radius 3 is 2.62 bits per heavy atom. The van der Waals surface area contributed by atoms with Gasteiger partial charge in [-0.1, -0.05) is 18.7 Å². The van der Waals surface area contributed by atoms with Crippen LogP contribution in [-0.2, 0) is 0 Å². The van der Waals surface area contributed by atoms with Crippen LogP contribution in [-0.4, -0.2) is 16.5 Å². The second-order valence-electron chi connectivity index (χ2n) is 4.26. The van der Waals surface area contributed by atoms with Crippen molar-refractivity contribution in [1.29, 1.82) is 0 Å². The second kappa shape index (κ2) is 7.03. The quantitative estimate of drug-likeness (QED) is 0.642. The van der Waals surface area contributed by atoms with Crippen molar-refractivity contribution in [3.63, 3.8) is 0 Å². The lowest BCUT2D eigenvalue weighted by Gasteiger charge is -2.07. The van der Waals surface area contributed by atoms with E-state index >= 15 is 0 Å². The maximum Gasteiger partial charge on any atom is 0.301 e. The van der Waals surface area contributed by atoms with Crippen LogP contribution < -0.4 is 5.32 Å². The number of pyridine rings is 1. The van der Waals surface area contributed by atoms with Crippen molar-refractivity contribution in [3.8, 4) is 0 Å². The molecule has 0 aliphatic heterocycles. The van der Waals surface area contributed by atoms with Crippen LogP contribution in [0.4, 0.5) is 15.9 Å². The van der Waals surface area contributed by atoms with Gasteiger partial charge in [-0.3, -0.25) is 10.1 Å². The van der Waals surface area contributed by atoms with Crippen molar-refractivity contribution >= 4 is 23.3 Å². The normalized spacial score (nSPS) is 10.4. The zero-order valence-corrected chi connectivity index (χ0v) is 12.2. The molecule has 0 atom stereocenters. The zero-order chi connectivity index (χ0) is 15.2. The van der Waals surface area contributed by atoms with Crippen LogP contribution in [0.2, 0.25) is 0 Å². The van der Waals surface area contributed by atoms with Crippen LogP contribution in [0.1, 0.15) is 13.3 Å². The molecule has 2 rings (SSSR count). The van der Waals surface area contributed by atoms with Crippen molar-refractivity contribution in [2.24, 2.45) is 0 Å². The first-order chi connectivity index (χ1) is 10.1. The summed E-state index contributed by atoms with van der Waals surface area (Å²) in [6, 6.07) is 8.77. The average molecular weight is 307 g/mol. The maximum absolute atomic E-state index is 12.9. The molecule has 1 heterocycles. The number of nitrogens with zero attached hydrogens (tertiary/aromatic N) is 2. The Kier molecular flexibility index (Phi) is 5.10. The summed E-state index contributed by atoms with van der Waals surface area (Å²) in [6.07, 6.45) is 0.930. The number of aromatic nitrogens is 1. The highest BCUT2D eigenvalue weighted by atomic mass is 32.2. The van der Waals surface area contributed by atoms with E-state index in [1.54, 1.807) is 18.2 Å². The van der Waals surface area contributed by atoms with Gasteiger partial charge < -0.3 is 5.32 Å². The first kappa shape index (κ1) is 15.2. The van der Waals surface area contributed by atoms with Gasteiger partial charge in [0.1, 0.15) is 11.6 Å². The van der Waals surface area contributed by atoms with Gasteiger partial charge in [0.15, 0.2) is 5.03 Å². The third-order valence-corrected chi connectivity index (χ3v) is 3.62. The van der Waals surface area contributed by atoms with Gasteiger partial charge in [0.25, 0.3) is 0 Å². The molecule has 0 saturated carbocycles. The molecule has 0 aliphatic rings. The number of nitro groups is 1. The molecule has 110 valence electrons. The van der Waals surface area contributed by atoms with E-state index < -0.39 is 4.92 Å². The smallest absolute Gasteiger partial charge is 0.301 e. The number of benzene rings is 1.